The number of hydrogen-bond acceptors (Lipinski definition) is 2. The predicted octanol–water partition coefficient (Wildman–Crippen LogP) is 0.649. The molecule has 0 radical (unpaired) electrons. The van der Waals surface area contributed by atoms with E-state index in [4.69, 9.17) is 0 Å². The summed E-state index contributed by atoms with van der Waals surface area (Å²) in [7, 11) is -0.431. The van der Waals surface area contributed by atoms with Crippen molar-refractivity contribution in [3.05, 3.63) is 0 Å². The van der Waals surface area contributed by atoms with E-state index in [1.165, 1.54) is 0 Å². The van der Waals surface area contributed by atoms with E-state index in [1.54, 1.807) is 0 Å². The standard InChI is InChI=1S/C6H15FIN2O2S/c1-10(2,6-8)5-3-4-9-13(7,11)12/h9H,3-6H2,1-2H3/q+1. The Labute approximate surface area is 92.6 Å². The van der Waals surface area contributed by atoms with Crippen molar-refractivity contribution in [2.45, 2.75) is 6.42 Å². The molecule has 0 fully saturated rings. The maximum absolute atomic E-state index is 11.9. The Morgan fingerprint density at radius 3 is 2.38 bits per heavy atom. The van der Waals surface area contributed by atoms with E-state index in [0.29, 0.717) is 6.42 Å². The first-order chi connectivity index (χ1) is 5.77. The Kier molecular flexibility index (Phi) is 5.64. The summed E-state index contributed by atoms with van der Waals surface area (Å²) in [6.07, 6.45) is 0.638. The zero-order valence-corrected chi connectivity index (χ0v) is 10.7. The van der Waals surface area contributed by atoms with Gasteiger partial charge in [0.1, 0.15) is 4.55 Å². The van der Waals surface area contributed by atoms with E-state index in [1.807, 2.05) is 18.8 Å². The molecular weight excluding hydrogens is 310 g/mol. The molecule has 0 heterocycles. The molecule has 0 atom stereocenters. The van der Waals surface area contributed by atoms with Gasteiger partial charge in [-0.1, -0.05) is 3.89 Å². The Morgan fingerprint density at radius 1 is 1.46 bits per heavy atom. The molecule has 0 rings (SSSR count). The molecule has 0 bridgehead atoms. The number of hydrogen-bond donors (Lipinski definition) is 1. The van der Waals surface area contributed by atoms with Crippen LogP contribution in [-0.2, 0) is 10.4 Å². The van der Waals surface area contributed by atoms with Crippen molar-refractivity contribution in [2.75, 3.05) is 31.7 Å². The Balaban J connectivity index is 3.58. The fourth-order valence-corrected chi connectivity index (χ4v) is 1.49. The minimum atomic E-state index is -4.51. The predicted molar refractivity (Wildman–Crippen MR) is 58.5 cm³/mol. The van der Waals surface area contributed by atoms with Gasteiger partial charge in [0.05, 0.1) is 20.6 Å². The molecule has 0 aromatic rings. The fraction of sp³-hybridized carbons (Fsp3) is 1.00. The molecule has 1 N–H and O–H groups in total. The van der Waals surface area contributed by atoms with Crippen LogP contribution in [0.3, 0.4) is 0 Å². The molecule has 0 aromatic heterocycles. The highest BCUT2D eigenvalue weighted by Gasteiger charge is 2.12. The maximum Gasteiger partial charge on any atom is 0.372 e. The average molecular weight is 325 g/mol. The van der Waals surface area contributed by atoms with Crippen molar-refractivity contribution in [3.8, 4) is 0 Å². The van der Waals surface area contributed by atoms with Crippen molar-refractivity contribution in [2.24, 2.45) is 0 Å². The first-order valence-corrected chi connectivity index (χ1v) is 6.75. The molecule has 0 saturated heterocycles. The van der Waals surface area contributed by atoms with Crippen molar-refractivity contribution < 1.29 is 16.8 Å². The molecule has 0 aromatic carbocycles. The van der Waals surface area contributed by atoms with Crippen LogP contribution in [-0.4, -0.2) is 44.6 Å². The third-order valence-electron chi connectivity index (χ3n) is 1.54. The summed E-state index contributed by atoms with van der Waals surface area (Å²) < 4.78 is 35.6. The molecular formula is C6H15FIN2O2S+. The first-order valence-electron chi connectivity index (χ1n) is 3.84. The number of rotatable bonds is 6. The average Bonchev–Trinajstić information content (AvgIpc) is 1.97. The summed E-state index contributed by atoms with van der Waals surface area (Å²) in [5.74, 6) is 0. The Bertz CT molecular complexity index is 243. The van der Waals surface area contributed by atoms with Crippen LogP contribution in [0.4, 0.5) is 3.89 Å². The summed E-state index contributed by atoms with van der Waals surface area (Å²) >= 11 is 2.26. The largest absolute Gasteiger partial charge is 0.372 e. The summed E-state index contributed by atoms with van der Waals surface area (Å²) in [6.45, 7) is 0.989. The molecule has 0 amide bonds. The molecule has 13 heavy (non-hydrogen) atoms. The lowest BCUT2D eigenvalue weighted by molar-refractivity contribution is -0.874. The van der Waals surface area contributed by atoms with Gasteiger partial charge < -0.3 is 4.48 Å². The highest BCUT2D eigenvalue weighted by atomic mass is 127. The monoisotopic (exact) mass is 325 g/mol. The smallest absolute Gasteiger partial charge is 0.320 e. The van der Waals surface area contributed by atoms with E-state index in [0.717, 1.165) is 15.6 Å². The van der Waals surface area contributed by atoms with Crippen LogP contribution >= 0.6 is 22.6 Å². The first kappa shape index (κ1) is 13.5. The summed E-state index contributed by atoms with van der Waals surface area (Å²) in [6, 6.07) is 0. The molecule has 0 aliphatic rings. The second kappa shape index (κ2) is 5.42. The van der Waals surface area contributed by atoms with Gasteiger partial charge in [0.25, 0.3) is 0 Å². The lowest BCUT2D eigenvalue weighted by Crippen LogP contribution is -2.40. The van der Waals surface area contributed by atoms with Crippen LogP contribution in [0, 0.1) is 0 Å². The third-order valence-corrected chi connectivity index (χ3v) is 3.93. The molecule has 0 saturated carbocycles. The number of nitrogens with zero attached hydrogens (tertiary/aromatic N) is 1. The second-order valence-corrected chi connectivity index (χ2v) is 5.31. The Hall–Kier alpha value is 0.530. The molecule has 4 nitrogen and oxygen atoms in total. The van der Waals surface area contributed by atoms with Crippen LogP contribution in [0.2, 0.25) is 0 Å². The number of halogens is 2. The molecule has 7 heteroatoms. The highest BCUT2D eigenvalue weighted by molar-refractivity contribution is 14.1. The van der Waals surface area contributed by atoms with Gasteiger partial charge in [0, 0.05) is 13.0 Å². The molecule has 0 spiro atoms. The van der Waals surface area contributed by atoms with Crippen LogP contribution in [0.25, 0.3) is 0 Å². The van der Waals surface area contributed by atoms with Gasteiger partial charge in [-0.3, -0.25) is 0 Å². The lowest BCUT2D eigenvalue weighted by atomic mass is 10.4. The minimum Gasteiger partial charge on any atom is -0.320 e. The molecule has 0 aliphatic carbocycles. The lowest BCUT2D eigenvalue weighted by Gasteiger charge is -2.26. The van der Waals surface area contributed by atoms with Gasteiger partial charge in [-0.05, 0) is 22.6 Å². The van der Waals surface area contributed by atoms with E-state index >= 15 is 0 Å². The zero-order valence-electron chi connectivity index (χ0n) is 7.76. The summed E-state index contributed by atoms with van der Waals surface area (Å²) in [5, 5.41) is 0. The highest BCUT2D eigenvalue weighted by Crippen LogP contribution is 2.02. The van der Waals surface area contributed by atoms with E-state index < -0.39 is 10.4 Å². The maximum atomic E-state index is 11.9. The van der Waals surface area contributed by atoms with Gasteiger partial charge in [-0.2, -0.15) is 13.1 Å². The molecule has 80 valence electrons. The van der Waals surface area contributed by atoms with Crippen LogP contribution in [0.15, 0.2) is 0 Å². The minimum absolute atomic E-state index is 0.164. The van der Waals surface area contributed by atoms with Crippen molar-refractivity contribution in [1.82, 2.24) is 4.72 Å². The van der Waals surface area contributed by atoms with Gasteiger partial charge in [0.2, 0.25) is 0 Å². The Morgan fingerprint density at radius 2 is 2.00 bits per heavy atom. The van der Waals surface area contributed by atoms with Crippen molar-refractivity contribution >= 4 is 33.0 Å². The second-order valence-electron chi connectivity index (χ2n) is 3.46. The molecule has 0 unspecified atom stereocenters. The number of alkyl halides is 1. The summed E-state index contributed by atoms with van der Waals surface area (Å²) in [5.41, 5.74) is 0. The van der Waals surface area contributed by atoms with Crippen molar-refractivity contribution in [3.63, 3.8) is 0 Å². The van der Waals surface area contributed by atoms with E-state index in [9.17, 15) is 12.3 Å². The SMILES string of the molecule is C[N+](C)(CI)CCCNS(=O)(=O)F. The fourth-order valence-electron chi connectivity index (χ4n) is 0.761. The third kappa shape index (κ3) is 8.85. The summed E-state index contributed by atoms with van der Waals surface area (Å²) in [4.78, 5) is 0. The number of quaternary nitrogens is 1. The zero-order chi connectivity index (χ0) is 10.5. The quantitative estimate of drug-likeness (QED) is 0.195. The normalized spacial score (nSPS) is 13.2. The van der Waals surface area contributed by atoms with Crippen LogP contribution in [0.5, 0.6) is 0 Å². The van der Waals surface area contributed by atoms with E-state index in [2.05, 4.69) is 22.6 Å². The van der Waals surface area contributed by atoms with Crippen molar-refractivity contribution in [1.29, 1.82) is 0 Å². The topological polar surface area (TPSA) is 46.2 Å². The van der Waals surface area contributed by atoms with E-state index in [-0.39, 0.29) is 6.54 Å². The number of nitrogens with one attached hydrogen (secondary N) is 1. The van der Waals surface area contributed by atoms with Gasteiger partial charge in [0.15, 0.2) is 0 Å². The van der Waals surface area contributed by atoms with Crippen LogP contribution < -0.4 is 4.72 Å². The van der Waals surface area contributed by atoms with Crippen LogP contribution in [0.1, 0.15) is 6.42 Å². The van der Waals surface area contributed by atoms with Gasteiger partial charge in [-0.15, -0.1) is 0 Å². The van der Waals surface area contributed by atoms with Gasteiger partial charge >= 0.3 is 10.4 Å². The molecule has 0 aliphatic heterocycles. The van der Waals surface area contributed by atoms with Gasteiger partial charge in [-0.25, -0.2) is 0 Å².